The lowest BCUT2D eigenvalue weighted by Crippen LogP contribution is -2.57. The average molecular weight is 183 g/mol. The molecule has 2 saturated heterocycles. The molecule has 3 heteroatoms. The first-order valence-electron chi connectivity index (χ1n) is 5.56. The van der Waals surface area contributed by atoms with Gasteiger partial charge in [-0.05, 0) is 32.2 Å². The van der Waals surface area contributed by atoms with Crippen molar-refractivity contribution >= 4 is 0 Å². The Morgan fingerprint density at radius 3 is 2.38 bits per heavy atom. The molecular formula is C10H21N3. The van der Waals surface area contributed by atoms with Crippen molar-refractivity contribution in [3.8, 4) is 0 Å². The van der Waals surface area contributed by atoms with Crippen molar-refractivity contribution in [1.29, 1.82) is 0 Å². The van der Waals surface area contributed by atoms with Crippen LogP contribution in [0.15, 0.2) is 0 Å². The molecular weight excluding hydrogens is 162 g/mol. The molecule has 0 saturated carbocycles. The fraction of sp³-hybridized carbons (Fsp3) is 1.00. The molecule has 0 bridgehead atoms. The van der Waals surface area contributed by atoms with Gasteiger partial charge in [0.2, 0.25) is 0 Å². The van der Waals surface area contributed by atoms with E-state index in [1.807, 2.05) is 0 Å². The van der Waals surface area contributed by atoms with Gasteiger partial charge in [0.15, 0.2) is 0 Å². The molecule has 0 aromatic rings. The quantitative estimate of drug-likeness (QED) is 0.546. The zero-order chi connectivity index (χ0) is 9.10. The zero-order valence-corrected chi connectivity index (χ0v) is 8.47. The van der Waals surface area contributed by atoms with Gasteiger partial charge in [0.1, 0.15) is 0 Å². The molecule has 2 fully saturated rings. The molecule has 2 aliphatic heterocycles. The maximum atomic E-state index is 3.62. The fourth-order valence-electron chi connectivity index (χ4n) is 2.37. The molecule has 2 rings (SSSR count). The monoisotopic (exact) mass is 183 g/mol. The topological polar surface area (TPSA) is 36.1 Å². The van der Waals surface area contributed by atoms with Crippen molar-refractivity contribution in [1.82, 2.24) is 16.0 Å². The zero-order valence-electron chi connectivity index (χ0n) is 8.47. The van der Waals surface area contributed by atoms with E-state index in [1.54, 1.807) is 0 Å². The Balaban J connectivity index is 1.79. The smallest absolute Gasteiger partial charge is 0.0542 e. The van der Waals surface area contributed by atoms with E-state index in [1.165, 1.54) is 38.9 Å². The lowest BCUT2D eigenvalue weighted by atomic mass is 9.91. The van der Waals surface area contributed by atoms with Gasteiger partial charge >= 0.3 is 0 Å². The van der Waals surface area contributed by atoms with Crippen LogP contribution in [0.4, 0.5) is 0 Å². The third kappa shape index (κ3) is 2.42. The number of nitrogens with one attached hydrogen (secondary N) is 3. The van der Waals surface area contributed by atoms with E-state index >= 15 is 0 Å². The van der Waals surface area contributed by atoms with Gasteiger partial charge < -0.3 is 16.0 Å². The summed E-state index contributed by atoms with van der Waals surface area (Å²) in [5.74, 6) is 0.788. The van der Waals surface area contributed by atoms with Crippen molar-refractivity contribution in [2.45, 2.75) is 38.4 Å². The van der Waals surface area contributed by atoms with Gasteiger partial charge in [-0.15, -0.1) is 0 Å². The van der Waals surface area contributed by atoms with E-state index in [0.717, 1.165) is 12.0 Å². The summed E-state index contributed by atoms with van der Waals surface area (Å²) < 4.78 is 0. The van der Waals surface area contributed by atoms with Crippen LogP contribution in [0.2, 0.25) is 0 Å². The fourth-order valence-corrected chi connectivity index (χ4v) is 2.37. The summed E-state index contributed by atoms with van der Waals surface area (Å²) in [7, 11) is 0. The molecule has 13 heavy (non-hydrogen) atoms. The summed E-state index contributed by atoms with van der Waals surface area (Å²) in [5.41, 5.74) is 0. The highest BCUT2D eigenvalue weighted by Gasteiger charge is 2.26. The Morgan fingerprint density at radius 1 is 1.00 bits per heavy atom. The minimum absolute atomic E-state index is 0.500. The van der Waals surface area contributed by atoms with E-state index in [0.29, 0.717) is 6.17 Å². The highest BCUT2D eigenvalue weighted by atomic mass is 15.2. The van der Waals surface area contributed by atoms with Crippen molar-refractivity contribution < 1.29 is 0 Å². The van der Waals surface area contributed by atoms with E-state index in [4.69, 9.17) is 0 Å². The normalized spacial score (nSPS) is 41.8. The molecule has 76 valence electrons. The Bertz CT molecular complexity index is 146. The van der Waals surface area contributed by atoms with Gasteiger partial charge in [-0.2, -0.15) is 0 Å². The maximum absolute atomic E-state index is 3.62. The van der Waals surface area contributed by atoms with Gasteiger partial charge in [0.05, 0.1) is 6.17 Å². The van der Waals surface area contributed by atoms with E-state index in [2.05, 4.69) is 22.9 Å². The van der Waals surface area contributed by atoms with Crippen LogP contribution in [-0.2, 0) is 0 Å². The van der Waals surface area contributed by atoms with Gasteiger partial charge in [0, 0.05) is 19.1 Å². The largest absolute Gasteiger partial charge is 0.314 e. The molecule has 0 aliphatic carbocycles. The molecule has 2 aliphatic rings. The van der Waals surface area contributed by atoms with Crippen LogP contribution in [0.1, 0.15) is 26.2 Å². The van der Waals surface area contributed by atoms with Gasteiger partial charge in [0.25, 0.3) is 0 Å². The number of hydrogen-bond donors (Lipinski definition) is 3. The lowest BCUT2D eigenvalue weighted by molar-refractivity contribution is 0.224. The summed E-state index contributed by atoms with van der Waals surface area (Å²) >= 11 is 0. The summed E-state index contributed by atoms with van der Waals surface area (Å²) in [4.78, 5) is 0. The van der Waals surface area contributed by atoms with E-state index in [-0.39, 0.29) is 0 Å². The predicted octanol–water partition coefficient (Wildman–Crippen LogP) is 0.284. The van der Waals surface area contributed by atoms with Crippen LogP contribution in [0.25, 0.3) is 0 Å². The van der Waals surface area contributed by atoms with Crippen LogP contribution >= 0.6 is 0 Å². The number of piperidine rings is 1. The van der Waals surface area contributed by atoms with E-state index < -0.39 is 0 Å². The molecule has 0 aromatic carbocycles. The third-order valence-corrected chi connectivity index (χ3v) is 3.29. The van der Waals surface area contributed by atoms with Crippen LogP contribution in [0.5, 0.6) is 0 Å². The Hall–Kier alpha value is -0.120. The van der Waals surface area contributed by atoms with Gasteiger partial charge in [-0.1, -0.05) is 6.42 Å². The van der Waals surface area contributed by atoms with Crippen molar-refractivity contribution in [3.05, 3.63) is 0 Å². The first kappa shape index (κ1) is 9.44. The lowest BCUT2D eigenvalue weighted by Gasteiger charge is -2.36. The molecule has 2 heterocycles. The third-order valence-electron chi connectivity index (χ3n) is 3.29. The van der Waals surface area contributed by atoms with Gasteiger partial charge in [-0.3, -0.25) is 0 Å². The molecule has 1 unspecified atom stereocenters. The second kappa shape index (κ2) is 4.40. The first-order chi connectivity index (χ1) is 6.36. The Kier molecular flexibility index (Phi) is 3.19. The van der Waals surface area contributed by atoms with Crippen LogP contribution in [0.3, 0.4) is 0 Å². The van der Waals surface area contributed by atoms with Crippen molar-refractivity contribution in [3.63, 3.8) is 0 Å². The maximum Gasteiger partial charge on any atom is 0.0542 e. The highest BCUT2D eigenvalue weighted by Crippen LogP contribution is 2.16. The summed E-state index contributed by atoms with van der Waals surface area (Å²) in [5, 5.41) is 10.6. The standard InChI is InChI=1S/C10H21N3/c1-8-12-6-9(7-13-8)10-4-2-3-5-11-10/h8-13H,2-7H2,1H3. The average Bonchev–Trinajstić information content (AvgIpc) is 2.20. The minimum Gasteiger partial charge on any atom is -0.314 e. The molecule has 0 radical (unpaired) electrons. The second-order valence-corrected chi connectivity index (χ2v) is 4.35. The van der Waals surface area contributed by atoms with Crippen molar-refractivity contribution in [2.75, 3.05) is 19.6 Å². The predicted molar refractivity (Wildman–Crippen MR) is 54.6 cm³/mol. The Labute approximate surface area is 80.7 Å². The molecule has 1 atom stereocenters. The molecule has 3 N–H and O–H groups in total. The molecule has 0 amide bonds. The van der Waals surface area contributed by atoms with Crippen LogP contribution in [0, 0.1) is 5.92 Å². The minimum atomic E-state index is 0.500. The van der Waals surface area contributed by atoms with Crippen LogP contribution < -0.4 is 16.0 Å². The van der Waals surface area contributed by atoms with Crippen molar-refractivity contribution in [2.24, 2.45) is 5.92 Å². The van der Waals surface area contributed by atoms with Crippen LogP contribution in [-0.4, -0.2) is 31.8 Å². The molecule has 0 aromatic heterocycles. The molecule has 0 spiro atoms. The van der Waals surface area contributed by atoms with Gasteiger partial charge in [-0.25, -0.2) is 0 Å². The SMILES string of the molecule is CC1NCC(C2CCCCN2)CN1. The Morgan fingerprint density at radius 2 is 1.77 bits per heavy atom. The summed E-state index contributed by atoms with van der Waals surface area (Å²) in [6.45, 7) is 5.75. The first-order valence-corrected chi connectivity index (χ1v) is 5.56. The molecule has 3 nitrogen and oxygen atoms in total. The summed E-state index contributed by atoms with van der Waals surface area (Å²) in [6.07, 6.45) is 4.63. The van der Waals surface area contributed by atoms with E-state index in [9.17, 15) is 0 Å². The number of rotatable bonds is 1. The second-order valence-electron chi connectivity index (χ2n) is 4.35. The highest BCUT2D eigenvalue weighted by molar-refractivity contribution is 4.86. The number of hydrogen-bond acceptors (Lipinski definition) is 3. The summed E-state index contributed by atoms with van der Waals surface area (Å²) in [6, 6.07) is 0.751.